The van der Waals surface area contributed by atoms with Gasteiger partial charge >= 0.3 is 0 Å². The SMILES string of the molecule is CN(Cc1cccs1)C(=O)CSc1nc2sc3c(c2c(=O)n1Cc1ccco1)CCCC3. The lowest BCUT2D eigenvalue weighted by molar-refractivity contribution is -0.127. The van der Waals surface area contributed by atoms with Gasteiger partial charge in [0.05, 0.1) is 30.5 Å². The highest BCUT2D eigenvalue weighted by Crippen LogP contribution is 2.35. The van der Waals surface area contributed by atoms with Crippen LogP contribution in [0.4, 0.5) is 0 Å². The molecule has 1 aliphatic rings. The van der Waals surface area contributed by atoms with E-state index in [-0.39, 0.29) is 17.2 Å². The van der Waals surface area contributed by atoms with Crippen molar-refractivity contribution >= 4 is 50.6 Å². The van der Waals surface area contributed by atoms with E-state index in [0.29, 0.717) is 24.0 Å². The number of thiophene rings is 2. The average molecular weight is 486 g/mol. The maximum atomic E-state index is 13.6. The van der Waals surface area contributed by atoms with E-state index in [0.717, 1.165) is 40.8 Å². The van der Waals surface area contributed by atoms with Crippen molar-refractivity contribution in [2.75, 3.05) is 12.8 Å². The molecule has 166 valence electrons. The summed E-state index contributed by atoms with van der Waals surface area (Å²) in [6.07, 6.45) is 5.83. The molecule has 0 atom stereocenters. The highest BCUT2D eigenvalue weighted by molar-refractivity contribution is 7.99. The zero-order chi connectivity index (χ0) is 22.1. The first-order valence-electron chi connectivity index (χ1n) is 10.6. The molecule has 0 fully saturated rings. The summed E-state index contributed by atoms with van der Waals surface area (Å²) in [5, 5.41) is 3.33. The average Bonchev–Trinajstić information content (AvgIpc) is 3.55. The van der Waals surface area contributed by atoms with Crippen molar-refractivity contribution in [3.05, 3.63) is 67.3 Å². The highest BCUT2D eigenvalue weighted by Gasteiger charge is 2.23. The number of fused-ring (bicyclic) bond motifs is 3. The van der Waals surface area contributed by atoms with Crippen LogP contribution >= 0.6 is 34.4 Å². The number of rotatable bonds is 7. The summed E-state index contributed by atoms with van der Waals surface area (Å²) >= 11 is 4.59. The number of furan rings is 1. The van der Waals surface area contributed by atoms with E-state index < -0.39 is 0 Å². The number of carbonyl (C=O) groups is 1. The van der Waals surface area contributed by atoms with Crippen LogP contribution in [-0.2, 0) is 30.7 Å². The quantitative estimate of drug-likeness (QED) is 0.278. The lowest BCUT2D eigenvalue weighted by Gasteiger charge is -2.17. The molecule has 4 aromatic rings. The number of hydrogen-bond donors (Lipinski definition) is 0. The molecular weight excluding hydrogens is 462 g/mol. The fourth-order valence-corrected chi connectivity index (χ4v) is 6.99. The Morgan fingerprint density at radius 3 is 2.94 bits per heavy atom. The van der Waals surface area contributed by atoms with Crippen molar-refractivity contribution in [3.63, 3.8) is 0 Å². The standard InChI is InChI=1S/C23H23N3O3S3/c1-25(13-16-7-5-11-30-16)19(27)14-31-23-24-21-20(17-8-2-3-9-18(17)32-21)22(28)26(23)12-15-6-4-10-29-15/h4-7,10-11H,2-3,8-9,12-14H2,1H3. The number of thioether (sulfide) groups is 1. The van der Waals surface area contributed by atoms with Crippen LogP contribution in [0.1, 0.15) is 33.9 Å². The Kier molecular flexibility index (Phi) is 6.21. The molecule has 0 aliphatic heterocycles. The van der Waals surface area contributed by atoms with Crippen LogP contribution in [-0.4, -0.2) is 33.2 Å². The second kappa shape index (κ2) is 9.25. The summed E-state index contributed by atoms with van der Waals surface area (Å²) in [6, 6.07) is 7.68. The van der Waals surface area contributed by atoms with Crippen LogP contribution in [0.25, 0.3) is 10.2 Å². The van der Waals surface area contributed by atoms with E-state index in [4.69, 9.17) is 9.40 Å². The van der Waals surface area contributed by atoms with E-state index in [1.54, 1.807) is 38.4 Å². The zero-order valence-corrected chi connectivity index (χ0v) is 20.2. The van der Waals surface area contributed by atoms with Gasteiger partial charge in [0, 0.05) is 16.8 Å². The van der Waals surface area contributed by atoms with Crippen molar-refractivity contribution in [3.8, 4) is 0 Å². The summed E-state index contributed by atoms with van der Waals surface area (Å²) in [5.74, 6) is 0.927. The maximum absolute atomic E-state index is 13.6. The minimum atomic E-state index is -0.0345. The van der Waals surface area contributed by atoms with Crippen molar-refractivity contribution in [1.82, 2.24) is 14.5 Å². The number of carbonyl (C=O) groups excluding carboxylic acids is 1. The second-order valence-electron chi connectivity index (χ2n) is 7.87. The molecule has 6 nitrogen and oxygen atoms in total. The topological polar surface area (TPSA) is 68.3 Å². The van der Waals surface area contributed by atoms with E-state index in [9.17, 15) is 9.59 Å². The molecule has 0 aromatic carbocycles. The number of aromatic nitrogens is 2. The third-order valence-corrected chi connectivity index (χ3v) is 8.67. The number of nitrogens with zero attached hydrogens (tertiary/aromatic N) is 3. The first-order chi connectivity index (χ1) is 15.6. The number of hydrogen-bond acceptors (Lipinski definition) is 7. The molecular formula is C23H23N3O3S3. The maximum Gasteiger partial charge on any atom is 0.263 e. The first-order valence-corrected chi connectivity index (χ1v) is 13.2. The minimum Gasteiger partial charge on any atom is -0.467 e. The van der Waals surface area contributed by atoms with E-state index in [1.807, 2.05) is 36.7 Å². The van der Waals surface area contributed by atoms with E-state index in [1.165, 1.54) is 22.2 Å². The third-order valence-electron chi connectivity index (χ3n) is 5.66. The molecule has 0 N–H and O–H groups in total. The van der Waals surface area contributed by atoms with Crippen molar-refractivity contribution in [2.45, 2.75) is 43.9 Å². The molecule has 0 radical (unpaired) electrons. The van der Waals surface area contributed by atoms with E-state index in [2.05, 4.69) is 0 Å². The Balaban J connectivity index is 1.45. The Morgan fingerprint density at radius 2 is 2.16 bits per heavy atom. The molecule has 0 unspecified atom stereocenters. The zero-order valence-electron chi connectivity index (χ0n) is 17.7. The Bertz CT molecular complexity index is 1290. The molecule has 5 rings (SSSR count). The first kappa shape index (κ1) is 21.5. The van der Waals surface area contributed by atoms with Gasteiger partial charge in [0.1, 0.15) is 10.6 Å². The van der Waals surface area contributed by atoms with Crippen LogP contribution in [0.15, 0.2) is 50.3 Å². The molecule has 4 heterocycles. The van der Waals surface area contributed by atoms with Gasteiger partial charge in [-0.15, -0.1) is 22.7 Å². The van der Waals surface area contributed by atoms with Crippen LogP contribution < -0.4 is 5.56 Å². The van der Waals surface area contributed by atoms with Crippen LogP contribution in [0.5, 0.6) is 0 Å². The Labute approximate surface area is 197 Å². The van der Waals surface area contributed by atoms with Gasteiger partial charge in [-0.1, -0.05) is 17.8 Å². The minimum absolute atomic E-state index is 0.00719. The molecule has 0 spiro atoms. The van der Waals surface area contributed by atoms with Gasteiger partial charge < -0.3 is 9.32 Å². The van der Waals surface area contributed by atoms with Gasteiger partial charge in [0.15, 0.2) is 5.16 Å². The van der Waals surface area contributed by atoms with Crippen LogP contribution in [0, 0.1) is 0 Å². The number of amides is 1. The van der Waals surface area contributed by atoms with Crippen molar-refractivity contribution in [1.29, 1.82) is 0 Å². The van der Waals surface area contributed by atoms with Crippen molar-refractivity contribution in [2.24, 2.45) is 0 Å². The Hall–Kier alpha value is -2.36. The summed E-state index contributed by atoms with van der Waals surface area (Å²) in [6.45, 7) is 0.890. The van der Waals surface area contributed by atoms with E-state index >= 15 is 0 Å². The van der Waals surface area contributed by atoms with Crippen LogP contribution in [0.3, 0.4) is 0 Å². The lowest BCUT2D eigenvalue weighted by Crippen LogP contribution is -2.28. The summed E-state index contributed by atoms with van der Waals surface area (Å²) < 4.78 is 7.17. The van der Waals surface area contributed by atoms with Gasteiger partial charge in [-0.05, 0) is 54.8 Å². The van der Waals surface area contributed by atoms with Gasteiger partial charge in [-0.25, -0.2) is 4.98 Å². The highest BCUT2D eigenvalue weighted by atomic mass is 32.2. The molecule has 1 amide bonds. The summed E-state index contributed by atoms with van der Waals surface area (Å²) in [4.78, 5) is 36.1. The molecule has 32 heavy (non-hydrogen) atoms. The van der Waals surface area contributed by atoms with Gasteiger partial charge in [-0.3, -0.25) is 14.2 Å². The normalized spacial score (nSPS) is 13.4. The summed E-state index contributed by atoms with van der Waals surface area (Å²) in [7, 11) is 1.81. The molecule has 4 aromatic heterocycles. The van der Waals surface area contributed by atoms with Gasteiger partial charge in [0.2, 0.25) is 5.91 Å². The fraction of sp³-hybridized carbons (Fsp3) is 0.348. The van der Waals surface area contributed by atoms with Crippen molar-refractivity contribution < 1.29 is 9.21 Å². The van der Waals surface area contributed by atoms with Crippen LogP contribution in [0.2, 0.25) is 0 Å². The monoisotopic (exact) mass is 485 g/mol. The fourth-order valence-electron chi connectivity index (χ4n) is 3.99. The predicted octanol–water partition coefficient (Wildman–Crippen LogP) is 4.79. The molecule has 1 aliphatic carbocycles. The summed E-state index contributed by atoms with van der Waals surface area (Å²) in [5.41, 5.74) is 1.14. The molecule has 0 saturated heterocycles. The smallest absolute Gasteiger partial charge is 0.263 e. The predicted molar refractivity (Wildman–Crippen MR) is 130 cm³/mol. The Morgan fingerprint density at radius 1 is 1.28 bits per heavy atom. The molecule has 9 heteroatoms. The number of aryl methyl sites for hydroxylation is 2. The largest absolute Gasteiger partial charge is 0.467 e. The third kappa shape index (κ3) is 4.29. The van der Waals surface area contributed by atoms with Gasteiger partial charge in [0.25, 0.3) is 5.56 Å². The molecule has 0 bridgehead atoms. The lowest BCUT2D eigenvalue weighted by atomic mass is 9.97. The van der Waals surface area contributed by atoms with Gasteiger partial charge in [-0.2, -0.15) is 0 Å². The second-order valence-corrected chi connectivity index (χ2v) is 10.9. The molecule has 0 saturated carbocycles.